The largest absolute Gasteiger partial charge is 0.562 e. The molecule has 2 aromatic carbocycles. The van der Waals surface area contributed by atoms with Crippen LogP contribution < -0.4 is 10.8 Å². The molecule has 0 aliphatic heterocycles. The lowest BCUT2D eigenvalue weighted by Gasteiger charge is -2.10. The molecule has 0 radical (unpaired) electrons. The summed E-state index contributed by atoms with van der Waals surface area (Å²) in [5.41, 5.74) is 4.04. The highest BCUT2D eigenvalue weighted by molar-refractivity contribution is 6.17. The lowest BCUT2D eigenvalue weighted by Crippen LogP contribution is -1.97. The molecule has 0 atom stereocenters. The summed E-state index contributed by atoms with van der Waals surface area (Å²) in [5, 5.41) is 22.8. The minimum absolute atomic E-state index is 0.0443. The lowest BCUT2D eigenvalue weighted by molar-refractivity contribution is 0.567. The van der Waals surface area contributed by atoms with E-state index in [1.54, 1.807) is 0 Å². The molecular weight excluding hydrogens is 520 g/mol. The SMILES string of the molecule is [C-]#[N+]C([N+]#[C-])=c1cc2c(o1)c(CCCCCCCC)cc1c3cc(=C(C#N)C#N)oc3c(CCCCCCCC)cc21. The van der Waals surface area contributed by atoms with Gasteiger partial charge in [-0.25, -0.2) is 0 Å². The second kappa shape index (κ2) is 14.9. The number of unbranched alkanes of at least 4 members (excludes halogenated alkanes) is 10. The van der Waals surface area contributed by atoms with Gasteiger partial charge in [0.15, 0.2) is 11.0 Å². The molecule has 2 aromatic heterocycles. The number of benzene rings is 2. The fourth-order valence-corrected chi connectivity index (χ4v) is 5.81. The fraction of sp³-hybridized carbons (Fsp3) is 0.444. The van der Waals surface area contributed by atoms with Gasteiger partial charge in [-0.05, 0) is 71.8 Å². The summed E-state index contributed by atoms with van der Waals surface area (Å²) in [7, 11) is 0. The molecule has 0 aliphatic carbocycles. The van der Waals surface area contributed by atoms with Crippen LogP contribution >= 0.6 is 0 Å². The first kappa shape index (κ1) is 30.4. The average Bonchev–Trinajstić information content (AvgIpc) is 3.64. The molecule has 4 aromatic rings. The van der Waals surface area contributed by atoms with Crippen molar-refractivity contribution in [1.29, 1.82) is 10.5 Å². The molecule has 4 rings (SSSR count). The third-order valence-corrected chi connectivity index (χ3v) is 8.06. The van der Waals surface area contributed by atoms with E-state index in [-0.39, 0.29) is 16.8 Å². The molecule has 6 nitrogen and oxygen atoms in total. The quantitative estimate of drug-likeness (QED) is 0.114. The Bertz CT molecular complexity index is 1690. The summed E-state index contributed by atoms with van der Waals surface area (Å²) in [5.74, 6) is -0.0777. The van der Waals surface area contributed by atoms with Gasteiger partial charge in [-0.15, -0.1) is 0 Å². The third-order valence-electron chi connectivity index (χ3n) is 8.06. The van der Waals surface area contributed by atoms with Gasteiger partial charge in [-0.1, -0.05) is 78.1 Å². The predicted octanol–water partition coefficient (Wildman–Crippen LogP) is 9.24. The number of furan rings is 2. The predicted molar refractivity (Wildman–Crippen MR) is 168 cm³/mol. The molecule has 0 saturated heterocycles. The molecular formula is C36H38N4O2. The van der Waals surface area contributed by atoms with E-state index in [2.05, 4.69) is 35.7 Å². The number of nitriles is 2. The highest BCUT2D eigenvalue weighted by atomic mass is 16.3. The van der Waals surface area contributed by atoms with Crippen LogP contribution in [-0.4, -0.2) is 0 Å². The van der Waals surface area contributed by atoms with Crippen LogP contribution in [0.25, 0.3) is 53.8 Å². The molecule has 0 amide bonds. The van der Waals surface area contributed by atoms with E-state index in [0.717, 1.165) is 82.4 Å². The monoisotopic (exact) mass is 558 g/mol. The number of nitrogens with zero attached hydrogens (tertiary/aromatic N) is 4. The first-order valence-electron chi connectivity index (χ1n) is 15.3. The van der Waals surface area contributed by atoms with E-state index in [1.807, 2.05) is 24.3 Å². The molecule has 0 bridgehead atoms. The first-order chi connectivity index (χ1) is 20.6. The van der Waals surface area contributed by atoms with Gasteiger partial charge in [-0.3, -0.25) is 0 Å². The molecule has 0 saturated carbocycles. The molecule has 214 valence electrons. The van der Waals surface area contributed by atoms with Crippen LogP contribution in [0.1, 0.15) is 102 Å². The molecule has 0 aliphatic rings. The van der Waals surface area contributed by atoms with E-state index >= 15 is 0 Å². The summed E-state index contributed by atoms with van der Waals surface area (Å²) in [4.78, 5) is 6.81. The number of hydrogen-bond acceptors (Lipinski definition) is 4. The zero-order valence-electron chi connectivity index (χ0n) is 24.8. The van der Waals surface area contributed by atoms with E-state index < -0.39 is 0 Å². The van der Waals surface area contributed by atoms with Gasteiger partial charge in [0.25, 0.3) is 0 Å². The van der Waals surface area contributed by atoms with Crippen molar-refractivity contribution >= 4 is 44.1 Å². The number of fused-ring (bicyclic) bond motifs is 5. The van der Waals surface area contributed by atoms with Crippen molar-refractivity contribution in [3.63, 3.8) is 0 Å². The summed E-state index contributed by atoms with van der Waals surface area (Å²) in [6.45, 7) is 19.4. The molecule has 0 N–H and O–H groups in total. The maximum Gasteiger partial charge on any atom is 0.562 e. The Morgan fingerprint density at radius 1 is 0.619 bits per heavy atom. The third kappa shape index (κ3) is 6.68. The van der Waals surface area contributed by atoms with Gasteiger partial charge < -0.3 is 8.83 Å². The maximum absolute atomic E-state index is 9.56. The second-order valence-corrected chi connectivity index (χ2v) is 11.1. The van der Waals surface area contributed by atoms with Gasteiger partial charge in [0.1, 0.15) is 36.4 Å². The Hall–Kier alpha value is -4.52. The van der Waals surface area contributed by atoms with Crippen LogP contribution in [0.15, 0.2) is 33.1 Å². The highest BCUT2D eigenvalue weighted by Gasteiger charge is 2.20. The normalized spacial score (nSPS) is 10.9. The Labute approximate surface area is 248 Å². The van der Waals surface area contributed by atoms with E-state index in [0.29, 0.717) is 5.42 Å². The Morgan fingerprint density at radius 3 is 1.50 bits per heavy atom. The molecule has 6 heteroatoms. The zero-order valence-corrected chi connectivity index (χ0v) is 24.8. The average molecular weight is 559 g/mol. The minimum Gasteiger partial charge on any atom is -0.459 e. The summed E-state index contributed by atoms with van der Waals surface area (Å²) < 4.78 is 12.5. The molecule has 2 heterocycles. The standard InChI is InChI=1S/C36H38N4O2/c1-5-7-9-11-13-15-17-25-19-29-28(30-21-32(41-34(25)30)27(23-37)24-38)20-26(18-16-14-12-10-8-6-2)35-31(29)22-33(42-35)36(39-3)40-4/h19-22H,5-18H2,1-2H3. The van der Waals surface area contributed by atoms with Crippen LogP contribution in [0.5, 0.6) is 0 Å². The highest BCUT2D eigenvalue weighted by Crippen LogP contribution is 2.36. The Kier molecular flexibility index (Phi) is 10.8. The number of rotatable bonds is 14. The van der Waals surface area contributed by atoms with E-state index in [9.17, 15) is 10.5 Å². The summed E-state index contributed by atoms with van der Waals surface area (Å²) in [6, 6.07) is 11.9. The van der Waals surface area contributed by atoms with Gasteiger partial charge in [0.05, 0.1) is 0 Å². The minimum atomic E-state index is -0.0777. The summed E-state index contributed by atoms with van der Waals surface area (Å²) in [6.07, 6.45) is 15.7. The molecule has 42 heavy (non-hydrogen) atoms. The smallest absolute Gasteiger partial charge is 0.459 e. The van der Waals surface area contributed by atoms with Crippen molar-refractivity contribution < 1.29 is 8.83 Å². The first-order valence-corrected chi connectivity index (χ1v) is 15.3. The van der Waals surface area contributed by atoms with Crippen LogP contribution in [0, 0.1) is 35.8 Å². The van der Waals surface area contributed by atoms with Gasteiger partial charge in [0.2, 0.25) is 5.42 Å². The van der Waals surface area contributed by atoms with Crippen molar-refractivity contribution in [2.45, 2.75) is 104 Å². The van der Waals surface area contributed by atoms with Crippen molar-refractivity contribution in [1.82, 2.24) is 0 Å². The fourth-order valence-electron chi connectivity index (χ4n) is 5.81. The van der Waals surface area contributed by atoms with Crippen LogP contribution in [-0.2, 0) is 12.8 Å². The molecule has 0 unspecified atom stereocenters. The van der Waals surface area contributed by atoms with Crippen molar-refractivity contribution in [3.05, 3.63) is 69.1 Å². The van der Waals surface area contributed by atoms with Gasteiger partial charge >= 0.3 is 5.82 Å². The van der Waals surface area contributed by atoms with Gasteiger partial charge in [-0.2, -0.15) is 20.2 Å². The number of hydrogen-bond donors (Lipinski definition) is 0. The van der Waals surface area contributed by atoms with Crippen LogP contribution in [0.3, 0.4) is 0 Å². The number of aryl methyl sites for hydroxylation is 2. The van der Waals surface area contributed by atoms with Crippen molar-refractivity contribution in [2.75, 3.05) is 0 Å². The van der Waals surface area contributed by atoms with E-state index in [4.69, 9.17) is 22.0 Å². The molecule has 0 spiro atoms. The second-order valence-electron chi connectivity index (χ2n) is 11.1. The zero-order chi connectivity index (χ0) is 29.9. The maximum atomic E-state index is 9.56. The van der Waals surface area contributed by atoms with Crippen molar-refractivity contribution in [3.8, 4) is 12.1 Å². The Balaban J connectivity index is 1.91. The Morgan fingerprint density at radius 2 is 1.05 bits per heavy atom. The van der Waals surface area contributed by atoms with Crippen molar-refractivity contribution in [2.24, 2.45) is 0 Å². The molecule has 0 fully saturated rings. The van der Waals surface area contributed by atoms with Gasteiger partial charge in [0, 0.05) is 10.8 Å². The van der Waals surface area contributed by atoms with Crippen LogP contribution in [0.2, 0.25) is 0 Å². The summed E-state index contributed by atoms with van der Waals surface area (Å²) >= 11 is 0. The van der Waals surface area contributed by atoms with E-state index in [1.165, 1.54) is 51.4 Å². The topological polar surface area (TPSA) is 82.6 Å². The van der Waals surface area contributed by atoms with Crippen LogP contribution in [0.4, 0.5) is 0 Å². The lowest BCUT2D eigenvalue weighted by atomic mass is 9.93.